The van der Waals surface area contributed by atoms with Crippen molar-refractivity contribution in [2.75, 3.05) is 6.61 Å². The molecule has 4 fully saturated rings. The van der Waals surface area contributed by atoms with E-state index in [1.54, 1.807) is 81.5 Å². The number of nitrogens with two attached hydrogens (primary N) is 2. The Kier molecular flexibility index (Phi) is 45.9. The lowest BCUT2D eigenvalue weighted by atomic mass is 9.82. The topological polar surface area (TPSA) is 596 Å². The largest absolute Gasteiger partial charge is 0.481 e. The quantitative estimate of drug-likeness (QED) is 0.138. The summed E-state index contributed by atoms with van der Waals surface area (Å²) in [5.74, 6) is -13.8. The molecule has 33 atom stereocenters. The van der Waals surface area contributed by atoms with Gasteiger partial charge in [0, 0.05) is 69.6 Å². The van der Waals surface area contributed by atoms with E-state index in [0.717, 1.165) is 19.3 Å². The van der Waals surface area contributed by atoms with Crippen LogP contribution in [-0.4, -0.2) is 304 Å². The van der Waals surface area contributed by atoms with Crippen LogP contribution in [0.25, 0.3) is 0 Å². The summed E-state index contributed by atoms with van der Waals surface area (Å²) in [7, 11) is 0. The Morgan fingerprint density at radius 3 is 1.53 bits per heavy atom. The number of carboxylic acid groups (broad SMARTS) is 2. The van der Waals surface area contributed by atoms with Crippen LogP contribution in [0.5, 0.6) is 0 Å². The van der Waals surface area contributed by atoms with E-state index in [2.05, 4.69) is 0 Å². The summed E-state index contributed by atoms with van der Waals surface area (Å²) in [5.41, 5.74) is 12.0. The van der Waals surface area contributed by atoms with Gasteiger partial charge in [0.25, 0.3) is 0 Å². The molecular weight excluding hydrogens is 1570 g/mol. The van der Waals surface area contributed by atoms with Crippen molar-refractivity contribution in [3.63, 3.8) is 0 Å². The monoisotopic (exact) mass is 1710 g/mol. The SMILES string of the molecule is CCC[C@H]1C/C=C/C=C/C=C/C=C/C(O[C@@H]2O[C@H](CO)[C@@H](O)[C@H](N)[C@@H]2O)CC2OC(O)(CC(O)CCCC(=O)CC(O)C(CC)C(=O)O1)CC(O)C2C(=O)O.C[C@@H]1[C@H](O)[C@@H](C)/C=C/C=C/CC/C=C/C=C/C=C/C=C/[C@H](O[C@@H]2O[C@H](C)[C@@H](O)[C@H](N)[C@@H]2O)C[C@@H]2O[C@](O)(C[C@@H](O)[C@H](O)CC[C@@H](O)C[C@@H](O)C[C@@H](O)CC(=O)O[C@H]1C)C[C@H](O)[C@H]2C(=O)O. The second-order valence-electron chi connectivity index (χ2n) is 32.5. The van der Waals surface area contributed by atoms with E-state index in [4.69, 9.17) is 49.4 Å². The Hall–Kier alpha value is -6.05. The third-order valence-electron chi connectivity index (χ3n) is 22.5. The Morgan fingerprint density at radius 2 is 0.992 bits per heavy atom. The molecule has 4 saturated heterocycles. The number of carboxylic acids is 2. The number of cyclic esters (lactones) is 2. The molecule has 6 aliphatic heterocycles. The fourth-order valence-electron chi connectivity index (χ4n) is 15.3. The summed E-state index contributed by atoms with van der Waals surface area (Å²) in [6, 6.07) is -2.40. The number of rotatable bonds is 10. The van der Waals surface area contributed by atoms with Crippen LogP contribution in [0.2, 0.25) is 0 Å². The van der Waals surface area contributed by atoms with E-state index < -0.39 is 257 Å². The average Bonchev–Trinajstić information content (AvgIpc) is 0.786. The predicted octanol–water partition coefficient (Wildman–Crippen LogP) is 1.61. The van der Waals surface area contributed by atoms with Crippen LogP contribution in [0.4, 0.5) is 0 Å². The number of aliphatic hydroxyl groups excluding tert-OH is 15. The molecule has 34 nitrogen and oxygen atoms in total. The highest BCUT2D eigenvalue weighted by molar-refractivity contribution is 5.80. The van der Waals surface area contributed by atoms with Gasteiger partial charge < -0.3 is 146 Å². The third kappa shape index (κ3) is 34.8. The van der Waals surface area contributed by atoms with Crippen molar-refractivity contribution >= 4 is 29.7 Å². The van der Waals surface area contributed by atoms with E-state index in [9.17, 15) is 121 Å². The van der Waals surface area contributed by atoms with Gasteiger partial charge in [-0.1, -0.05) is 156 Å². The highest BCUT2D eigenvalue weighted by Crippen LogP contribution is 2.41. The van der Waals surface area contributed by atoms with Crippen LogP contribution in [0, 0.1) is 29.6 Å². The average molecular weight is 1710 g/mol. The highest BCUT2D eigenvalue weighted by atomic mass is 16.7. The molecule has 0 radical (unpaired) electrons. The van der Waals surface area contributed by atoms with E-state index in [-0.39, 0.29) is 82.3 Å². The summed E-state index contributed by atoms with van der Waals surface area (Å²) in [6.07, 6.45) is 3.71. The number of allylic oxidation sites excluding steroid dienone is 16. The van der Waals surface area contributed by atoms with Crippen molar-refractivity contribution in [3.05, 3.63) is 122 Å². The molecule has 0 saturated carbocycles. The van der Waals surface area contributed by atoms with Crippen molar-refractivity contribution in [3.8, 4) is 0 Å². The van der Waals surface area contributed by atoms with Crippen LogP contribution in [0.3, 0.4) is 0 Å². The Labute approximate surface area is 701 Å². The zero-order valence-corrected chi connectivity index (χ0v) is 69.5. The first-order valence-electron chi connectivity index (χ1n) is 41.9. The fourth-order valence-corrected chi connectivity index (χ4v) is 15.3. The molecule has 0 aromatic heterocycles. The molecule has 682 valence electrons. The summed E-state index contributed by atoms with van der Waals surface area (Å²) >= 11 is 0. The molecule has 6 aliphatic rings. The van der Waals surface area contributed by atoms with Crippen LogP contribution in [0.1, 0.15) is 176 Å². The van der Waals surface area contributed by atoms with Crippen molar-refractivity contribution in [1.29, 1.82) is 0 Å². The molecule has 8 unspecified atom stereocenters. The van der Waals surface area contributed by atoms with Gasteiger partial charge in [-0.25, -0.2) is 0 Å². The molecule has 34 heteroatoms. The van der Waals surface area contributed by atoms with Gasteiger partial charge in [0.2, 0.25) is 0 Å². The number of ketones is 1. The van der Waals surface area contributed by atoms with Gasteiger partial charge in [-0.05, 0) is 78.1 Å². The maximum atomic E-state index is 13.0. The summed E-state index contributed by atoms with van der Waals surface area (Å²) in [5, 5.41) is 203. The standard InChI is InChI=1S/C47H75NO17.C39H61NO15/c1-27-17-15-13-11-9-7-5-6-8-10-12-14-16-18-34(64-46-44(58)41(48)43(57)30(4)63-46)24-38-40(45(59)60)37(54)26-47(61,65-38)25-36(53)35(52)20-19-31(49)21-32(50)22-33(51)23-39(55)62-29(3)28(2)42(27)56;1-3-13-25-16-10-8-6-5-7-9-11-17-26(53-38-35(47)33(40)34(46)31(22-41)54-38)19-30-32(36(48)49)29(45)21-39(51,55-30)20-24(43)15-12-14-23(42)18-28(44)27(4-2)37(50)52-25/h5-6,8,10-18,27-38,40-44,46,49-54,56-58,61H,7,9,19-26,48H2,1-4H3,(H,59,60);5-11,17,24-35,38,41,43-47,51H,3-4,12-16,18-22,40H2,1-2H3,(H,48,49)/b6-5+,10-8+,13-11+,14-12+,17-15+,18-16+;6-5+,9-7+,10-8+,17-11+/t27-,28-,29-,30+,31+,32+,33+,34-,35+,36+,37-,38-,40+,41-,42+,43+,44-,46-,47+;24?,25-,26?,27?,28?,29?,30?,31+,32?,33-,34+,35-,38+,39?/m00/s1. The normalized spacial score (nSPS) is 43.6. The van der Waals surface area contributed by atoms with E-state index in [0.29, 0.717) is 12.8 Å². The van der Waals surface area contributed by atoms with Gasteiger partial charge in [0.05, 0.1) is 129 Å². The summed E-state index contributed by atoms with van der Waals surface area (Å²) in [4.78, 5) is 63.3. The number of ether oxygens (including phenoxy) is 8. The number of esters is 2. The second-order valence-corrected chi connectivity index (χ2v) is 32.5. The zero-order chi connectivity index (χ0) is 89.1. The number of fused-ring (bicyclic) bond motifs is 4. The van der Waals surface area contributed by atoms with Gasteiger partial charge in [-0.3, -0.25) is 24.0 Å². The maximum Gasteiger partial charge on any atom is 0.311 e. The van der Waals surface area contributed by atoms with Crippen LogP contribution >= 0.6 is 0 Å². The van der Waals surface area contributed by atoms with Crippen molar-refractivity contribution in [2.24, 2.45) is 41.1 Å². The van der Waals surface area contributed by atoms with Gasteiger partial charge in [-0.15, -0.1) is 0 Å². The smallest absolute Gasteiger partial charge is 0.311 e. The minimum atomic E-state index is -2.35. The number of carbonyl (C=O) groups excluding carboxylic acids is 3. The zero-order valence-electron chi connectivity index (χ0n) is 69.5. The first-order chi connectivity index (χ1) is 56.7. The van der Waals surface area contributed by atoms with Gasteiger partial charge in [-0.2, -0.15) is 0 Å². The molecule has 0 aromatic rings. The predicted molar refractivity (Wildman–Crippen MR) is 434 cm³/mol. The molecule has 0 amide bonds. The van der Waals surface area contributed by atoms with Gasteiger partial charge in [0.1, 0.15) is 54.2 Å². The molecule has 120 heavy (non-hydrogen) atoms. The second kappa shape index (κ2) is 52.7. The lowest BCUT2D eigenvalue weighted by Crippen LogP contribution is -2.63. The van der Waals surface area contributed by atoms with E-state index in [1.807, 2.05) is 62.5 Å². The summed E-state index contributed by atoms with van der Waals surface area (Å²) in [6.45, 7) is 9.83. The summed E-state index contributed by atoms with van der Waals surface area (Å²) < 4.78 is 46.4. The molecule has 0 spiro atoms. The Balaban J connectivity index is 0.000000433. The molecule has 6 heterocycles. The lowest BCUT2D eigenvalue weighted by Gasteiger charge is -2.45. The molecule has 0 aliphatic carbocycles. The first-order valence-corrected chi connectivity index (χ1v) is 41.9. The Morgan fingerprint density at radius 1 is 0.500 bits per heavy atom. The number of Topliss-reactive ketones (excluding diaryl/α,β-unsaturated/α-hetero) is 1. The van der Waals surface area contributed by atoms with E-state index >= 15 is 0 Å². The maximum absolute atomic E-state index is 13.0. The lowest BCUT2D eigenvalue weighted by molar-refractivity contribution is -0.311. The van der Waals surface area contributed by atoms with Gasteiger partial charge in [0.15, 0.2) is 24.2 Å². The number of aliphatic carboxylic acids is 2. The minimum absolute atomic E-state index is 0.0202. The number of aliphatic hydroxyl groups is 17. The molecule has 4 bridgehead atoms. The molecule has 6 rings (SSSR count). The number of hydrogen-bond acceptors (Lipinski definition) is 32. The molecule has 0 aromatic carbocycles. The van der Waals surface area contributed by atoms with Crippen molar-refractivity contribution < 1.29 is 159 Å². The first kappa shape index (κ1) is 104. The van der Waals surface area contributed by atoms with Crippen molar-refractivity contribution in [1.82, 2.24) is 0 Å². The highest BCUT2D eigenvalue weighted by Gasteiger charge is 2.54. The third-order valence-corrected chi connectivity index (χ3v) is 22.5. The van der Waals surface area contributed by atoms with Crippen LogP contribution in [-0.2, 0) is 61.9 Å². The minimum Gasteiger partial charge on any atom is -0.481 e. The van der Waals surface area contributed by atoms with Crippen LogP contribution < -0.4 is 11.5 Å². The van der Waals surface area contributed by atoms with Gasteiger partial charge >= 0.3 is 23.9 Å². The van der Waals surface area contributed by atoms with E-state index in [1.165, 1.54) is 19.1 Å². The Bertz CT molecular complexity index is 3380. The molecular formula is C86H136N2O32. The van der Waals surface area contributed by atoms with Crippen LogP contribution in [0.15, 0.2) is 122 Å². The number of carbonyl (C=O) groups is 5. The number of hydrogen-bond donors (Lipinski definition) is 21. The van der Waals surface area contributed by atoms with Crippen molar-refractivity contribution in [2.45, 2.75) is 347 Å². The fraction of sp³-hybridized carbons (Fsp3) is 0.709. The molecule has 23 N–H and O–H groups in total.